The van der Waals surface area contributed by atoms with Crippen LogP contribution >= 0.6 is 23.2 Å². The third-order valence-corrected chi connectivity index (χ3v) is 5.96. The van der Waals surface area contributed by atoms with Gasteiger partial charge in [0.25, 0.3) is 5.91 Å². The number of nitrogens with one attached hydrogen (secondary N) is 1. The molecule has 0 bridgehead atoms. The van der Waals surface area contributed by atoms with Crippen molar-refractivity contribution < 1.29 is 4.79 Å². The smallest absolute Gasteiger partial charge is 0.283 e. The molecule has 3 aromatic rings. The zero-order valence-corrected chi connectivity index (χ0v) is 18.6. The number of hydrazine groups is 1. The van der Waals surface area contributed by atoms with E-state index in [-0.39, 0.29) is 5.91 Å². The van der Waals surface area contributed by atoms with Gasteiger partial charge in [-0.15, -0.1) is 0 Å². The summed E-state index contributed by atoms with van der Waals surface area (Å²) in [6, 6.07) is 13.3. The predicted molar refractivity (Wildman–Crippen MR) is 121 cm³/mol. The molecule has 1 N–H and O–H groups in total. The summed E-state index contributed by atoms with van der Waals surface area (Å²) in [6.45, 7) is 5.63. The average Bonchev–Trinajstić information content (AvgIpc) is 3.06. The summed E-state index contributed by atoms with van der Waals surface area (Å²) in [7, 11) is 0. The summed E-state index contributed by atoms with van der Waals surface area (Å²) < 4.78 is 1.76. The molecule has 7 heteroatoms. The Morgan fingerprint density at radius 2 is 1.70 bits per heavy atom. The first kappa shape index (κ1) is 20.9. The maximum absolute atomic E-state index is 13.1. The standard InChI is InChI=1S/C23H24Cl2N4O/c1-15-6-11-20(19(25)14-15)29-22(17-7-9-18(24)10-8-17)16(2)21(26-29)23(30)27-28-12-4-3-5-13-28/h6-11,14H,3-5,12-13H2,1-2H3,(H,27,30). The molecule has 1 aliphatic heterocycles. The summed E-state index contributed by atoms with van der Waals surface area (Å²) in [5.74, 6) is -0.202. The van der Waals surface area contributed by atoms with Crippen LogP contribution in [0.5, 0.6) is 0 Å². The number of nitrogens with zero attached hydrogens (tertiary/aromatic N) is 3. The van der Waals surface area contributed by atoms with Crippen LogP contribution in [0, 0.1) is 13.8 Å². The lowest BCUT2D eigenvalue weighted by atomic mass is 10.1. The van der Waals surface area contributed by atoms with E-state index in [2.05, 4.69) is 5.43 Å². The van der Waals surface area contributed by atoms with Gasteiger partial charge in [0.1, 0.15) is 0 Å². The molecule has 4 rings (SSSR count). The SMILES string of the molecule is Cc1ccc(-n2nc(C(=O)NN3CCCCC3)c(C)c2-c2ccc(Cl)cc2)c(Cl)c1. The minimum atomic E-state index is -0.202. The van der Waals surface area contributed by atoms with Gasteiger partial charge in [-0.05, 0) is 56.5 Å². The van der Waals surface area contributed by atoms with Crippen molar-refractivity contribution in [3.63, 3.8) is 0 Å². The number of rotatable bonds is 4. The van der Waals surface area contributed by atoms with Gasteiger partial charge in [-0.3, -0.25) is 10.2 Å². The molecule has 30 heavy (non-hydrogen) atoms. The number of carbonyl (C=O) groups excluding carboxylic acids is 1. The number of benzene rings is 2. The number of piperidine rings is 1. The first-order valence-corrected chi connectivity index (χ1v) is 10.9. The summed E-state index contributed by atoms with van der Waals surface area (Å²) in [4.78, 5) is 13.1. The van der Waals surface area contributed by atoms with Crippen molar-refractivity contribution in [2.24, 2.45) is 0 Å². The first-order valence-electron chi connectivity index (χ1n) is 10.1. The van der Waals surface area contributed by atoms with Gasteiger partial charge in [-0.2, -0.15) is 5.10 Å². The molecule has 1 aliphatic rings. The molecule has 0 spiro atoms. The van der Waals surface area contributed by atoms with E-state index in [1.807, 2.05) is 61.3 Å². The van der Waals surface area contributed by atoms with E-state index < -0.39 is 0 Å². The topological polar surface area (TPSA) is 50.2 Å². The van der Waals surface area contributed by atoms with Crippen LogP contribution in [0.1, 0.15) is 40.9 Å². The molecule has 0 atom stereocenters. The molecule has 1 saturated heterocycles. The van der Waals surface area contributed by atoms with E-state index in [4.69, 9.17) is 28.3 Å². The minimum Gasteiger partial charge on any atom is -0.283 e. The molecule has 0 aliphatic carbocycles. The van der Waals surface area contributed by atoms with E-state index in [1.54, 1.807) is 4.68 Å². The molecule has 2 heterocycles. The summed E-state index contributed by atoms with van der Waals surface area (Å²) >= 11 is 12.6. The van der Waals surface area contributed by atoms with Crippen LogP contribution in [0.25, 0.3) is 16.9 Å². The van der Waals surface area contributed by atoms with E-state index >= 15 is 0 Å². The fourth-order valence-electron chi connectivity index (χ4n) is 3.82. The van der Waals surface area contributed by atoms with Crippen LogP contribution in [0.3, 0.4) is 0 Å². The maximum Gasteiger partial charge on any atom is 0.286 e. The zero-order chi connectivity index (χ0) is 21.3. The van der Waals surface area contributed by atoms with Crippen molar-refractivity contribution >= 4 is 29.1 Å². The van der Waals surface area contributed by atoms with Crippen LogP contribution in [0.2, 0.25) is 10.0 Å². The number of aromatic nitrogens is 2. The normalized spacial score (nSPS) is 14.7. The van der Waals surface area contributed by atoms with Crippen LogP contribution in [0.15, 0.2) is 42.5 Å². The number of halogens is 2. The number of amides is 1. The maximum atomic E-state index is 13.1. The van der Waals surface area contributed by atoms with Gasteiger partial charge in [-0.1, -0.05) is 47.8 Å². The second-order valence-electron chi connectivity index (χ2n) is 7.68. The van der Waals surface area contributed by atoms with Crippen LogP contribution in [-0.2, 0) is 0 Å². The van der Waals surface area contributed by atoms with E-state index in [0.717, 1.165) is 54.0 Å². The van der Waals surface area contributed by atoms with Gasteiger partial charge in [0.2, 0.25) is 0 Å². The fourth-order valence-corrected chi connectivity index (χ4v) is 4.26. The number of aryl methyl sites for hydroxylation is 1. The van der Waals surface area contributed by atoms with Crippen LogP contribution in [-0.4, -0.2) is 33.8 Å². The highest BCUT2D eigenvalue weighted by molar-refractivity contribution is 6.32. The van der Waals surface area contributed by atoms with E-state index in [0.29, 0.717) is 15.7 Å². The average molecular weight is 443 g/mol. The fraction of sp³-hybridized carbons (Fsp3) is 0.304. The van der Waals surface area contributed by atoms with Crippen LogP contribution < -0.4 is 5.43 Å². The summed E-state index contributed by atoms with van der Waals surface area (Å²) in [5, 5.41) is 7.90. The third kappa shape index (κ3) is 4.24. The monoisotopic (exact) mass is 442 g/mol. The lowest BCUT2D eigenvalue weighted by Crippen LogP contribution is -2.45. The van der Waals surface area contributed by atoms with Gasteiger partial charge < -0.3 is 0 Å². The number of hydrogen-bond donors (Lipinski definition) is 1. The molecule has 5 nitrogen and oxygen atoms in total. The summed E-state index contributed by atoms with van der Waals surface area (Å²) in [6.07, 6.45) is 3.37. The molecular formula is C23H24Cl2N4O. The Morgan fingerprint density at radius 3 is 2.37 bits per heavy atom. The Balaban J connectivity index is 1.80. The van der Waals surface area contributed by atoms with Crippen molar-refractivity contribution in [1.29, 1.82) is 0 Å². The highest BCUT2D eigenvalue weighted by Crippen LogP contribution is 2.32. The molecule has 0 unspecified atom stereocenters. The second-order valence-corrected chi connectivity index (χ2v) is 8.53. The van der Waals surface area contributed by atoms with Gasteiger partial charge in [0.05, 0.1) is 16.4 Å². The van der Waals surface area contributed by atoms with Gasteiger partial charge in [0, 0.05) is 29.2 Å². The largest absolute Gasteiger partial charge is 0.286 e. The highest BCUT2D eigenvalue weighted by Gasteiger charge is 2.24. The van der Waals surface area contributed by atoms with Gasteiger partial charge in [-0.25, -0.2) is 9.69 Å². The molecule has 0 radical (unpaired) electrons. The molecule has 1 amide bonds. The molecule has 2 aromatic carbocycles. The van der Waals surface area contributed by atoms with E-state index in [1.165, 1.54) is 6.42 Å². The van der Waals surface area contributed by atoms with Crippen molar-refractivity contribution in [1.82, 2.24) is 20.2 Å². The Hall–Kier alpha value is -2.34. The predicted octanol–water partition coefficient (Wildman–Crippen LogP) is 5.59. The quantitative estimate of drug-likeness (QED) is 0.572. The van der Waals surface area contributed by atoms with E-state index in [9.17, 15) is 4.79 Å². The Labute approximate surface area is 186 Å². The molecule has 1 fully saturated rings. The molecule has 0 saturated carbocycles. The van der Waals surface area contributed by atoms with Crippen molar-refractivity contribution in [2.75, 3.05) is 13.1 Å². The second kappa shape index (κ2) is 8.80. The van der Waals surface area contributed by atoms with Gasteiger partial charge in [0.15, 0.2) is 5.69 Å². The zero-order valence-electron chi connectivity index (χ0n) is 17.1. The summed E-state index contributed by atoms with van der Waals surface area (Å²) in [5.41, 5.74) is 7.73. The molecular weight excluding hydrogens is 419 g/mol. The van der Waals surface area contributed by atoms with Crippen molar-refractivity contribution in [3.05, 3.63) is 69.3 Å². The Bertz CT molecular complexity index is 1070. The third-order valence-electron chi connectivity index (χ3n) is 5.40. The Kier molecular flexibility index (Phi) is 6.14. The number of carbonyl (C=O) groups is 1. The minimum absolute atomic E-state index is 0.202. The molecule has 1 aromatic heterocycles. The molecule has 156 valence electrons. The van der Waals surface area contributed by atoms with Crippen LogP contribution in [0.4, 0.5) is 0 Å². The lowest BCUT2D eigenvalue weighted by molar-refractivity contribution is 0.0743. The Morgan fingerprint density at radius 1 is 1.00 bits per heavy atom. The van der Waals surface area contributed by atoms with Gasteiger partial charge >= 0.3 is 0 Å². The highest BCUT2D eigenvalue weighted by atomic mass is 35.5. The first-order chi connectivity index (χ1) is 14.4. The van der Waals surface area contributed by atoms with Crippen molar-refractivity contribution in [3.8, 4) is 16.9 Å². The van der Waals surface area contributed by atoms with Crippen molar-refractivity contribution in [2.45, 2.75) is 33.1 Å². The number of hydrogen-bond acceptors (Lipinski definition) is 3. The lowest BCUT2D eigenvalue weighted by Gasteiger charge is -2.26.